The second-order valence-electron chi connectivity index (χ2n) is 5.99. The van der Waals surface area contributed by atoms with Crippen LogP contribution < -0.4 is 5.73 Å². The summed E-state index contributed by atoms with van der Waals surface area (Å²) in [5.74, 6) is 1.86. The van der Waals surface area contributed by atoms with Gasteiger partial charge in [-0.1, -0.05) is 20.8 Å². The van der Waals surface area contributed by atoms with Crippen molar-refractivity contribution in [1.29, 1.82) is 0 Å². The van der Waals surface area contributed by atoms with E-state index in [-0.39, 0.29) is 6.10 Å². The van der Waals surface area contributed by atoms with Gasteiger partial charge in [-0.05, 0) is 47.9 Å². The van der Waals surface area contributed by atoms with E-state index in [2.05, 4.69) is 53.2 Å². The van der Waals surface area contributed by atoms with Gasteiger partial charge in [0.25, 0.3) is 0 Å². The highest BCUT2D eigenvalue weighted by atomic mass is 127. The summed E-state index contributed by atoms with van der Waals surface area (Å²) in [6.45, 7) is 10.3. The first kappa shape index (κ1) is 16.9. The maximum Gasteiger partial charge on any atom is 0.161 e. The third-order valence-corrected chi connectivity index (χ3v) is 4.72. The monoisotopic (exact) mass is 404 g/mol. The first-order valence-electron chi connectivity index (χ1n) is 7.67. The van der Waals surface area contributed by atoms with E-state index in [1.807, 2.05) is 0 Å². The topological polar surface area (TPSA) is 64.3 Å². The van der Waals surface area contributed by atoms with Crippen molar-refractivity contribution < 1.29 is 4.74 Å². The fraction of sp³-hybridized carbons (Fsp3) is 0.733. The minimum absolute atomic E-state index is 0.0597. The lowest BCUT2D eigenvalue weighted by Gasteiger charge is -2.32. The molecule has 2 heterocycles. The van der Waals surface area contributed by atoms with Crippen LogP contribution in [0.5, 0.6) is 0 Å². The highest BCUT2D eigenvalue weighted by molar-refractivity contribution is 14.1. The summed E-state index contributed by atoms with van der Waals surface area (Å²) in [4.78, 5) is 11.6. The van der Waals surface area contributed by atoms with E-state index in [0.717, 1.165) is 54.2 Å². The molecule has 2 rings (SSSR count). The zero-order valence-electron chi connectivity index (χ0n) is 13.1. The van der Waals surface area contributed by atoms with Gasteiger partial charge in [-0.25, -0.2) is 9.97 Å². The predicted octanol–water partition coefficient (Wildman–Crippen LogP) is 2.65. The molecule has 2 N–H and O–H groups in total. The van der Waals surface area contributed by atoms with Crippen LogP contribution >= 0.6 is 22.6 Å². The summed E-state index contributed by atoms with van der Waals surface area (Å²) in [6.07, 6.45) is 2.01. The summed E-state index contributed by atoms with van der Waals surface area (Å²) in [6, 6.07) is 0. The number of halogens is 1. The molecule has 1 aliphatic heterocycles. The second-order valence-corrected chi connectivity index (χ2v) is 7.06. The van der Waals surface area contributed by atoms with Gasteiger partial charge in [0.15, 0.2) is 5.82 Å². The Morgan fingerprint density at radius 1 is 1.43 bits per heavy atom. The van der Waals surface area contributed by atoms with E-state index in [1.165, 1.54) is 0 Å². The zero-order valence-corrected chi connectivity index (χ0v) is 15.3. The van der Waals surface area contributed by atoms with E-state index in [1.54, 1.807) is 0 Å². The van der Waals surface area contributed by atoms with Gasteiger partial charge in [0.1, 0.15) is 11.9 Å². The van der Waals surface area contributed by atoms with Crippen molar-refractivity contribution in [3.05, 3.63) is 15.1 Å². The maximum atomic E-state index is 6.07. The van der Waals surface area contributed by atoms with Crippen LogP contribution in [0.2, 0.25) is 0 Å². The minimum atomic E-state index is -0.0597. The number of aromatic nitrogens is 2. The van der Waals surface area contributed by atoms with E-state index in [9.17, 15) is 0 Å². The van der Waals surface area contributed by atoms with Gasteiger partial charge >= 0.3 is 0 Å². The molecule has 1 atom stereocenters. The van der Waals surface area contributed by atoms with Crippen LogP contribution in [0, 0.1) is 9.49 Å². The van der Waals surface area contributed by atoms with Crippen molar-refractivity contribution in [2.24, 2.45) is 5.92 Å². The third-order valence-electron chi connectivity index (χ3n) is 3.54. The molecule has 1 aromatic heterocycles. The Balaban J connectivity index is 2.20. The lowest BCUT2D eigenvalue weighted by Crippen LogP contribution is -2.39. The van der Waals surface area contributed by atoms with Gasteiger partial charge in [0, 0.05) is 13.1 Å². The lowest BCUT2D eigenvalue weighted by molar-refractivity contribution is -0.0342. The molecule has 5 nitrogen and oxygen atoms in total. The van der Waals surface area contributed by atoms with Crippen molar-refractivity contribution >= 4 is 28.4 Å². The van der Waals surface area contributed by atoms with Crippen LogP contribution in [0.3, 0.4) is 0 Å². The molecule has 1 aliphatic rings. The molecular weight excluding hydrogens is 379 g/mol. The summed E-state index contributed by atoms with van der Waals surface area (Å²) >= 11 is 2.24. The zero-order chi connectivity index (χ0) is 15.4. The Hall–Kier alpha value is -0.470. The number of hydrogen-bond donors (Lipinski definition) is 1. The van der Waals surface area contributed by atoms with Crippen LogP contribution in [0.1, 0.15) is 44.8 Å². The summed E-state index contributed by atoms with van der Waals surface area (Å²) in [7, 11) is 0. The molecular formula is C15H25IN4O. The number of ether oxygens (including phenoxy) is 1. The number of morpholine rings is 1. The van der Waals surface area contributed by atoms with Crippen molar-refractivity contribution in [2.75, 3.05) is 32.0 Å². The quantitative estimate of drug-likeness (QED) is 0.765. The molecule has 1 unspecified atom stereocenters. The van der Waals surface area contributed by atoms with Crippen LogP contribution in [-0.2, 0) is 11.2 Å². The van der Waals surface area contributed by atoms with Crippen molar-refractivity contribution in [2.45, 2.75) is 39.7 Å². The molecule has 118 valence electrons. The molecule has 1 aromatic rings. The highest BCUT2D eigenvalue weighted by Gasteiger charge is 2.25. The van der Waals surface area contributed by atoms with Gasteiger partial charge < -0.3 is 10.5 Å². The van der Waals surface area contributed by atoms with Gasteiger partial charge in [-0.15, -0.1) is 0 Å². The molecule has 0 aliphatic carbocycles. The maximum absolute atomic E-state index is 6.07. The van der Waals surface area contributed by atoms with E-state index >= 15 is 0 Å². The Morgan fingerprint density at radius 3 is 2.86 bits per heavy atom. The van der Waals surface area contributed by atoms with Crippen molar-refractivity contribution in [3.63, 3.8) is 0 Å². The van der Waals surface area contributed by atoms with Gasteiger partial charge in [0.05, 0.1) is 15.9 Å². The number of hydrogen-bond acceptors (Lipinski definition) is 5. The molecule has 0 spiro atoms. The molecule has 6 heteroatoms. The van der Waals surface area contributed by atoms with Crippen molar-refractivity contribution in [3.8, 4) is 0 Å². The van der Waals surface area contributed by atoms with Crippen LogP contribution in [0.15, 0.2) is 0 Å². The summed E-state index contributed by atoms with van der Waals surface area (Å²) in [5.41, 5.74) is 7.12. The SMILES string of the molecule is CCCN1CCOC(c2nc(N)c(I)c(CC(C)C)n2)C1. The van der Waals surface area contributed by atoms with Gasteiger partial charge in [-0.2, -0.15) is 0 Å². The summed E-state index contributed by atoms with van der Waals surface area (Å²) in [5, 5.41) is 0. The minimum Gasteiger partial charge on any atom is -0.383 e. The summed E-state index contributed by atoms with van der Waals surface area (Å²) < 4.78 is 6.85. The molecule has 1 saturated heterocycles. The number of rotatable bonds is 5. The predicted molar refractivity (Wildman–Crippen MR) is 93.1 cm³/mol. The van der Waals surface area contributed by atoms with Gasteiger partial charge in [0.2, 0.25) is 0 Å². The van der Waals surface area contributed by atoms with Crippen LogP contribution in [-0.4, -0.2) is 41.1 Å². The average Bonchev–Trinajstić information content (AvgIpc) is 2.44. The smallest absolute Gasteiger partial charge is 0.161 e. The largest absolute Gasteiger partial charge is 0.383 e. The van der Waals surface area contributed by atoms with E-state index < -0.39 is 0 Å². The Bertz CT molecular complexity index is 479. The molecule has 0 saturated carbocycles. The third kappa shape index (κ3) is 4.50. The average molecular weight is 404 g/mol. The number of nitrogens with two attached hydrogens (primary N) is 1. The molecule has 21 heavy (non-hydrogen) atoms. The van der Waals surface area contributed by atoms with Gasteiger partial charge in [-0.3, -0.25) is 4.90 Å². The Labute approximate surface area is 140 Å². The first-order chi connectivity index (χ1) is 10.0. The second kappa shape index (κ2) is 7.69. The normalized spacial score (nSPS) is 20.1. The van der Waals surface area contributed by atoms with Crippen LogP contribution in [0.25, 0.3) is 0 Å². The molecule has 0 amide bonds. The number of nitrogen functional groups attached to an aromatic ring is 1. The molecule has 0 radical (unpaired) electrons. The fourth-order valence-corrected chi connectivity index (χ4v) is 3.04. The molecule has 0 bridgehead atoms. The number of nitrogens with zero attached hydrogens (tertiary/aromatic N) is 3. The number of anilines is 1. The Kier molecular flexibility index (Phi) is 6.19. The standard InChI is InChI=1S/C15H25IN4O/c1-4-5-20-6-7-21-12(9-20)15-18-11(8-10(2)3)13(16)14(17)19-15/h10,12H,4-9H2,1-3H3,(H2,17,18,19). The molecule has 1 fully saturated rings. The van der Waals surface area contributed by atoms with E-state index in [4.69, 9.17) is 15.5 Å². The molecule has 0 aromatic carbocycles. The van der Waals surface area contributed by atoms with Crippen LogP contribution in [0.4, 0.5) is 5.82 Å². The van der Waals surface area contributed by atoms with E-state index in [0.29, 0.717) is 11.7 Å². The Morgan fingerprint density at radius 2 is 2.19 bits per heavy atom. The fourth-order valence-electron chi connectivity index (χ4n) is 2.58. The highest BCUT2D eigenvalue weighted by Crippen LogP contribution is 2.25. The lowest BCUT2D eigenvalue weighted by atomic mass is 10.1. The first-order valence-corrected chi connectivity index (χ1v) is 8.74. The van der Waals surface area contributed by atoms with Crippen molar-refractivity contribution in [1.82, 2.24) is 14.9 Å².